The van der Waals surface area contributed by atoms with Crippen LogP contribution in [0.4, 0.5) is 5.69 Å². The predicted octanol–water partition coefficient (Wildman–Crippen LogP) is 1.73. The van der Waals surface area contributed by atoms with E-state index in [9.17, 15) is 0 Å². The number of aromatic nitrogens is 2. The second-order valence-corrected chi connectivity index (χ2v) is 4.64. The van der Waals surface area contributed by atoms with Gasteiger partial charge in [0.05, 0.1) is 0 Å². The summed E-state index contributed by atoms with van der Waals surface area (Å²) in [6.45, 7) is 2.87. The minimum atomic E-state index is 0.524. The molecule has 1 heterocycles. The molecule has 2 rings (SSSR count). The van der Waals surface area contributed by atoms with Crippen molar-refractivity contribution in [2.75, 3.05) is 26.4 Å². The maximum absolute atomic E-state index is 5.87. The van der Waals surface area contributed by atoms with Crippen LogP contribution in [0.1, 0.15) is 11.4 Å². The van der Waals surface area contributed by atoms with E-state index in [2.05, 4.69) is 15.0 Å². The summed E-state index contributed by atoms with van der Waals surface area (Å²) < 4.78 is 5.24. The summed E-state index contributed by atoms with van der Waals surface area (Å²) in [5.74, 6) is 1.24. The number of benzene rings is 1. The Morgan fingerprint density at radius 1 is 1.33 bits per heavy atom. The van der Waals surface area contributed by atoms with Crippen LogP contribution in [-0.4, -0.2) is 35.7 Å². The number of nitrogens with zero attached hydrogens (tertiary/aromatic N) is 3. The number of hydrogen-bond acceptors (Lipinski definition) is 5. The van der Waals surface area contributed by atoms with Crippen LogP contribution in [0, 0.1) is 6.92 Å². The van der Waals surface area contributed by atoms with Gasteiger partial charge in [0.2, 0.25) is 0 Å². The summed E-state index contributed by atoms with van der Waals surface area (Å²) in [5, 5.41) is 3.96. The SMILES string of the molecule is Cc1ccc(-c2nc(CCN(C)C)no2)cc1N. The van der Waals surface area contributed by atoms with E-state index in [0.29, 0.717) is 5.89 Å². The maximum Gasteiger partial charge on any atom is 0.257 e. The lowest BCUT2D eigenvalue weighted by Crippen LogP contribution is -2.15. The average molecular weight is 246 g/mol. The second kappa shape index (κ2) is 5.18. The largest absolute Gasteiger partial charge is 0.398 e. The number of nitrogens with two attached hydrogens (primary N) is 1. The standard InChI is InChI=1S/C13H18N4O/c1-9-4-5-10(8-11(9)14)13-15-12(16-18-13)6-7-17(2)3/h4-5,8H,6-7,14H2,1-3H3. The van der Waals surface area contributed by atoms with Gasteiger partial charge < -0.3 is 15.2 Å². The Balaban J connectivity index is 2.16. The minimum Gasteiger partial charge on any atom is -0.398 e. The lowest BCUT2D eigenvalue weighted by molar-refractivity contribution is 0.392. The van der Waals surface area contributed by atoms with E-state index in [0.717, 1.165) is 35.6 Å². The second-order valence-electron chi connectivity index (χ2n) is 4.64. The van der Waals surface area contributed by atoms with Gasteiger partial charge in [0, 0.05) is 24.2 Å². The Bertz CT molecular complexity index is 534. The third-order valence-electron chi connectivity index (χ3n) is 2.78. The molecule has 0 aliphatic carbocycles. The number of nitrogen functional groups attached to an aromatic ring is 1. The first-order valence-corrected chi connectivity index (χ1v) is 5.90. The van der Waals surface area contributed by atoms with E-state index in [1.807, 2.05) is 39.2 Å². The first-order chi connectivity index (χ1) is 8.56. The smallest absolute Gasteiger partial charge is 0.257 e. The van der Waals surface area contributed by atoms with Crippen LogP contribution in [0.25, 0.3) is 11.5 Å². The van der Waals surface area contributed by atoms with Gasteiger partial charge in [-0.05, 0) is 38.7 Å². The molecule has 0 amide bonds. The Hall–Kier alpha value is -1.88. The van der Waals surface area contributed by atoms with E-state index in [1.54, 1.807) is 0 Å². The van der Waals surface area contributed by atoms with Crippen LogP contribution in [0.2, 0.25) is 0 Å². The lowest BCUT2D eigenvalue weighted by Gasteiger charge is -2.05. The molecule has 1 aromatic carbocycles. The van der Waals surface area contributed by atoms with Crippen LogP contribution in [0.5, 0.6) is 0 Å². The molecule has 0 saturated heterocycles. The van der Waals surface area contributed by atoms with Gasteiger partial charge in [-0.2, -0.15) is 4.98 Å². The highest BCUT2D eigenvalue weighted by Gasteiger charge is 2.09. The maximum atomic E-state index is 5.87. The third kappa shape index (κ3) is 2.87. The summed E-state index contributed by atoms with van der Waals surface area (Å²) in [7, 11) is 4.03. The molecule has 5 nitrogen and oxygen atoms in total. The Morgan fingerprint density at radius 3 is 2.78 bits per heavy atom. The van der Waals surface area contributed by atoms with Crippen LogP contribution in [0.3, 0.4) is 0 Å². The Labute approximate surface area is 107 Å². The third-order valence-corrected chi connectivity index (χ3v) is 2.78. The number of rotatable bonds is 4. The Morgan fingerprint density at radius 2 is 2.11 bits per heavy atom. The molecule has 2 aromatic rings. The van der Waals surface area contributed by atoms with Gasteiger partial charge in [-0.15, -0.1) is 0 Å². The summed E-state index contributed by atoms with van der Waals surface area (Å²) in [4.78, 5) is 6.45. The van der Waals surface area contributed by atoms with Gasteiger partial charge in [-0.1, -0.05) is 11.2 Å². The van der Waals surface area contributed by atoms with Crippen molar-refractivity contribution in [3.8, 4) is 11.5 Å². The van der Waals surface area contributed by atoms with Gasteiger partial charge in [0.15, 0.2) is 5.82 Å². The molecule has 0 fully saturated rings. The van der Waals surface area contributed by atoms with Crippen molar-refractivity contribution in [3.63, 3.8) is 0 Å². The fourth-order valence-corrected chi connectivity index (χ4v) is 1.57. The molecule has 0 atom stereocenters. The van der Waals surface area contributed by atoms with Crippen LogP contribution in [-0.2, 0) is 6.42 Å². The van der Waals surface area contributed by atoms with Crippen molar-refractivity contribution < 1.29 is 4.52 Å². The molecule has 0 aliphatic rings. The van der Waals surface area contributed by atoms with Crippen molar-refractivity contribution in [2.45, 2.75) is 13.3 Å². The fraction of sp³-hybridized carbons (Fsp3) is 0.385. The van der Waals surface area contributed by atoms with Gasteiger partial charge in [-0.25, -0.2) is 0 Å². The monoisotopic (exact) mass is 246 g/mol. The van der Waals surface area contributed by atoms with Gasteiger partial charge in [0.1, 0.15) is 0 Å². The van der Waals surface area contributed by atoms with Crippen LogP contribution >= 0.6 is 0 Å². The van der Waals surface area contributed by atoms with Crippen LogP contribution < -0.4 is 5.73 Å². The molecule has 0 radical (unpaired) electrons. The van der Waals surface area contributed by atoms with E-state index < -0.39 is 0 Å². The Kier molecular flexibility index (Phi) is 3.62. The van der Waals surface area contributed by atoms with E-state index in [-0.39, 0.29) is 0 Å². The number of anilines is 1. The zero-order chi connectivity index (χ0) is 13.1. The van der Waals surface area contributed by atoms with Crippen molar-refractivity contribution in [1.82, 2.24) is 15.0 Å². The van der Waals surface area contributed by atoms with E-state index in [1.165, 1.54) is 0 Å². The highest BCUT2D eigenvalue weighted by atomic mass is 16.5. The molecular weight excluding hydrogens is 228 g/mol. The molecule has 0 saturated carbocycles. The van der Waals surface area contributed by atoms with E-state index in [4.69, 9.17) is 10.3 Å². The fourth-order valence-electron chi connectivity index (χ4n) is 1.57. The molecule has 0 aliphatic heterocycles. The topological polar surface area (TPSA) is 68.2 Å². The molecule has 96 valence electrons. The highest BCUT2D eigenvalue weighted by molar-refractivity contribution is 5.62. The zero-order valence-electron chi connectivity index (χ0n) is 11.0. The number of likely N-dealkylation sites (N-methyl/N-ethyl adjacent to an activating group) is 1. The van der Waals surface area contributed by atoms with E-state index >= 15 is 0 Å². The zero-order valence-corrected chi connectivity index (χ0v) is 11.0. The van der Waals surface area contributed by atoms with Crippen molar-refractivity contribution >= 4 is 5.69 Å². The molecule has 2 N–H and O–H groups in total. The molecule has 5 heteroatoms. The van der Waals surface area contributed by atoms with Crippen molar-refractivity contribution in [2.24, 2.45) is 0 Å². The molecule has 18 heavy (non-hydrogen) atoms. The first kappa shape index (κ1) is 12.6. The average Bonchev–Trinajstić information content (AvgIpc) is 2.79. The molecule has 0 bridgehead atoms. The normalized spacial score (nSPS) is 11.1. The molecule has 0 unspecified atom stereocenters. The van der Waals surface area contributed by atoms with Gasteiger partial charge in [0.25, 0.3) is 5.89 Å². The quantitative estimate of drug-likeness (QED) is 0.832. The van der Waals surface area contributed by atoms with Crippen LogP contribution in [0.15, 0.2) is 22.7 Å². The highest BCUT2D eigenvalue weighted by Crippen LogP contribution is 2.22. The van der Waals surface area contributed by atoms with Gasteiger partial charge in [-0.3, -0.25) is 0 Å². The van der Waals surface area contributed by atoms with Crippen molar-refractivity contribution in [3.05, 3.63) is 29.6 Å². The summed E-state index contributed by atoms with van der Waals surface area (Å²) >= 11 is 0. The lowest BCUT2D eigenvalue weighted by atomic mass is 10.1. The first-order valence-electron chi connectivity index (χ1n) is 5.90. The minimum absolute atomic E-state index is 0.524. The molecule has 1 aromatic heterocycles. The summed E-state index contributed by atoms with van der Waals surface area (Å²) in [6, 6.07) is 5.75. The summed E-state index contributed by atoms with van der Waals surface area (Å²) in [6.07, 6.45) is 0.776. The van der Waals surface area contributed by atoms with Gasteiger partial charge >= 0.3 is 0 Å². The summed E-state index contributed by atoms with van der Waals surface area (Å²) in [5.41, 5.74) is 8.51. The number of hydrogen-bond donors (Lipinski definition) is 1. The molecule has 0 spiro atoms. The van der Waals surface area contributed by atoms with Crippen molar-refractivity contribution in [1.29, 1.82) is 0 Å². The predicted molar refractivity (Wildman–Crippen MR) is 71.1 cm³/mol. The number of aryl methyl sites for hydroxylation is 1. The molecular formula is C13H18N4O.